The van der Waals surface area contributed by atoms with Crippen molar-refractivity contribution in [2.45, 2.75) is 12.5 Å². The summed E-state index contributed by atoms with van der Waals surface area (Å²) in [5, 5.41) is 7.42. The fourth-order valence-corrected chi connectivity index (χ4v) is 2.19. The zero-order chi connectivity index (χ0) is 13.2. The summed E-state index contributed by atoms with van der Waals surface area (Å²) in [6, 6.07) is 1.93. The minimum absolute atomic E-state index is 0. The van der Waals surface area contributed by atoms with Crippen LogP contribution < -0.4 is 15.8 Å². The van der Waals surface area contributed by atoms with E-state index in [2.05, 4.69) is 15.4 Å². The van der Waals surface area contributed by atoms with Crippen LogP contribution in [0.1, 0.15) is 6.42 Å². The summed E-state index contributed by atoms with van der Waals surface area (Å²) < 4.78 is 7.65. The molecule has 1 aliphatic rings. The van der Waals surface area contributed by atoms with E-state index in [9.17, 15) is 0 Å². The van der Waals surface area contributed by atoms with Gasteiger partial charge >= 0.3 is 0 Å². The minimum atomic E-state index is 0. The van der Waals surface area contributed by atoms with Crippen LogP contribution in [0.4, 0.5) is 5.82 Å². The van der Waals surface area contributed by atoms with Crippen molar-refractivity contribution in [2.75, 3.05) is 18.8 Å². The highest BCUT2D eigenvalue weighted by Crippen LogP contribution is 2.28. The Balaban J connectivity index is 0.00000147. The lowest BCUT2D eigenvalue weighted by Gasteiger charge is -2.14. The van der Waals surface area contributed by atoms with Gasteiger partial charge in [-0.1, -0.05) is 0 Å². The van der Waals surface area contributed by atoms with Gasteiger partial charge in [0.25, 0.3) is 0 Å². The molecule has 1 fully saturated rings. The molecule has 0 unspecified atom stereocenters. The summed E-state index contributed by atoms with van der Waals surface area (Å²) in [6.45, 7) is 1.84. The van der Waals surface area contributed by atoms with Crippen LogP contribution in [0.25, 0.3) is 11.1 Å². The van der Waals surface area contributed by atoms with Crippen molar-refractivity contribution in [3.05, 3.63) is 24.7 Å². The Morgan fingerprint density at radius 2 is 2.25 bits per heavy atom. The highest BCUT2D eigenvalue weighted by Gasteiger charge is 2.18. The number of nitrogens with one attached hydrogen (secondary N) is 1. The van der Waals surface area contributed by atoms with Gasteiger partial charge in [-0.25, -0.2) is 4.98 Å². The summed E-state index contributed by atoms with van der Waals surface area (Å²) in [5.41, 5.74) is 7.84. The average molecular weight is 296 g/mol. The quantitative estimate of drug-likeness (QED) is 0.890. The molecule has 1 saturated heterocycles. The summed E-state index contributed by atoms with van der Waals surface area (Å²) >= 11 is 0. The number of rotatable bonds is 3. The van der Waals surface area contributed by atoms with E-state index in [1.807, 2.05) is 19.3 Å². The zero-order valence-corrected chi connectivity index (χ0v) is 12.1. The highest BCUT2D eigenvalue weighted by atomic mass is 35.5. The Labute approximate surface area is 123 Å². The van der Waals surface area contributed by atoms with Crippen molar-refractivity contribution in [2.24, 2.45) is 7.05 Å². The van der Waals surface area contributed by atoms with Crippen LogP contribution in [-0.4, -0.2) is 34.0 Å². The maximum Gasteiger partial charge on any atom is 0.166 e. The molecule has 0 amide bonds. The number of nitrogens with two attached hydrogens (primary N) is 1. The summed E-state index contributed by atoms with van der Waals surface area (Å²) in [7, 11) is 1.88. The van der Waals surface area contributed by atoms with Crippen molar-refractivity contribution in [3.8, 4) is 16.9 Å². The molecule has 3 heterocycles. The first-order chi connectivity index (χ1) is 9.22. The third-order valence-corrected chi connectivity index (χ3v) is 3.23. The maximum atomic E-state index is 5.90. The molecular weight excluding hydrogens is 278 g/mol. The molecule has 3 rings (SSSR count). The molecule has 1 aliphatic heterocycles. The Morgan fingerprint density at radius 3 is 2.90 bits per heavy atom. The number of hydrogen-bond acceptors (Lipinski definition) is 5. The molecule has 2 aromatic heterocycles. The number of pyridine rings is 1. The van der Waals surface area contributed by atoms with E-state index in [0.717, 1.165) is 30.6 Å². The Kier molecular flexibility index (Phi) is 4.46. The first-order valence-corrected chi connectivity index (χ1v) is 6.34. The van der Waals surface area contributed by atoms with Gasteiger partial charge in [-0.05, 0) is 19.0 Å². The molecule has 6 nitrogen and oxygen atoms in total. The molecule has 2 aromatic rings. The number of nitrogen functional groups attached to an aromatic ring is 1. The zero-order valence-electron chi connectivity index (χ0n) is 11.2. The first-order valence-electron chi connectivity index (χ1n) is 6.34. The number of aromatic nitrogens is 3. The monoisotopic (exact) mass is 295 g/mol. The van der Waals surface area contributed by atoms with E-state index in [1.54, 1.807) is 17.1 Å². The van der Waals surface area contributed by atoms with Crippen LogP contribution >= 0.6 is 12.4 Å². The topological polar surface area (TPSA) is 78.0 Å². The smallest absolute Gasteiger partial charge is 0.166 e. The van der Waals surface area contributed by atoms with Gasteiger partial charge in [-0.3, -0.25) is 4.68 Å². The number of anilines is 1. The van der Waals surface area contributed by atoms with Crippen molar-refractivity contribution in [3.63, 3.8) is 0 Å². The molecule has 0 aliphatic carbocycles. The van der Waals surface area contributed by atoms with Gasteiger partial charge in [-0.15, -0.1) is 12.4 Å². The molecule has 0 aromatic carbocycles. The number of ether oxygens (including phenoxy) is 1. The van der Waals surface area contributed by atoms with Gasteiger partial charge in [0.2, 0.25) is 0 Å². The van der Waals surface area contributed by atoms with Crippen LogP contribution in [0.5, 0.6) is 5.75 Å². The third kappa shape index (κ3) is 3.02. The molecular formula is C13H18ClN5O. The Hall–Kier alpha value is -1.79. The lowest BCUT2D eigenvalue weighted by Crippen LogP contribution is -2.20. The van der Waals surface area contributed by atoms with E-state index in [4.69, 9.17) is 10.5 Å². The van der Waals surface area contributed by atoms with E-state index in [1.165, 1.54) is 0 Å². The van der Waals surface area contributed by atoms with Crippen LogP contribution in [0.3, 0.4) is 0 Å². The van der Waals surface area contributed by atoms with E-state index >= 15 is 0 Å². The van der Waals surface area contributed by atoms with E-state index in [-0.39, 0.29) is 18.5 Å². The molecule has 0 bridgehead atoms. The van der Waals surface area contributed by atoms with Gasteiger partial charge in [0.15, 0.2) is 11.6 Å². The summed E-state index contributed by atoms with van der Waals surface area (Å²) in [6.07, 6.45) is 6.65. The van der Waals surface area contributed by atoms with Crippen LogP contribution in [0, 0.1) is 0 Å². The molecule has 7 heteroatoms. The lowest BCUT2D eigenvalue weighted by molar-refractivity contribution is 0.224. The summed E-state index contributed by atoms with van der Waals surface area (Å²) in [4.78, 5) is 4.20. The highest BCUT2D eigenvalue weighted by molar-refractivity contribution is 5.85. The number of nitrogens with zero attached hydrogens (tertiary/aromatic N) is 3. The number of aryl methyl sites for hydroxylation is 1. The first kappa shape index (κ1) is 14.6. The van der Waals surface area contributed by atoms with Crippen LogP contribution in [-0.2, 0) is 7.05 Å². The fraction of sp³-hybridized carbons (Fsp3) is 0.385. The van der Waals surface area contributed by atoms with Crippen molar-refractivity contribution < 1.29 is 4.74 Å². The molecule has 3 N–H and O–H groups in total. The molecule has 0 radical (unpaired) electrons. The van der Waals surface area contributed by atoms with Gasteiger partial charge in [0, 0.05) is 37.1 Å². The Bertz CT molecular complexity index is 580. The predicted molar refractivity (Wildman–Crippen MR) is 80.0 cm³/mol. The third-order valence-electron chi connectivity index (χ3n) is 3.23. The SMILES string of the molecule is Cl.Cn1cc(-c2cnc(N)c(O[C@@H]3CCNC3)c2)cn1. The normalized spacial score (nSPS) is 17.8. The number of halogens is 1. The van der Waals surface area contributed by atoms with Crippen molar-refractivity contribution in [1.29, 1.82) is 0 Å². The molecule has 0 saturated carbocycles. The summed E-state index contributed by atoms with van der Waals surface area (Å²) in [5.74, 6) is 1.08. The van der Waals surface area contributed by atoms with Gasteiger partial charge in [-0.2, -0.15) is 5.10 Å². The van der Waals surface area contributed by atoms with Crippen molar-refractivity contribution >= 4 is 18.2 Å². The van der Waals surface area contributed by atoms with Crippen LogP contribution in [0.15, 0.2) is 24.7 Å². The Morgan fingerprint density at radius 1 is 1.40 bits per heavy atom. The maximum absolute atomic E-state index is 5.90. The van der Waals surface area contributed by atoms with Crippen LogP contribution in [0.2, 0.25) is 0 Å². The van der Waals surface area contributed by atoms with Crippen molar-refractivity contribution in [1.82, 2.24) is 20.1 Å². The largest absolute Gasteiger partial charge is 0.485 e. The van der Waals surface area contributed by atoms with E-state index in [0.29, 0.717) is 11.6 Å². The predicted octanol–water partition coefficient (Wildman–Crippen LogP) is 1.23. The fourth-order valence-electron chi connectivity index (χ4n) is 2.19. The second-order valence-electron chi connectivity index (χ2n) is 4.74. The van der Waals surface area contributed by atoms with E-state index < -0.39 is 0 Å². The standard InChI is InChI=1S/C13H17N5O.ClH/c1-18-8-10(6-17-18)9-4-12(13(14)16-5-9)19-11-2-3-15-7-11;/h4-6,8,11,15H,2-3,7H2,1H3,(H2,14,16);1H/t11-;/m1./s1. The molecule has 0 spiro atoms. The second-order valence-corrected chi connectivity index (χ2v) is 4.74. The molecule has 1 atom stereocenters. The molecule has 108 valence electrons. The average Bonchev–Trinajstić information content (AvgIpc) is 3.03. The number of hydrogen-bond donors (Lipinski definition) is 2. The lowest BCUT2D eigenvalue weighted by atomic mass is 10.1. The second kappa shape index (κ2) is 6.11. The van der Waals surface area contributed by atoms with Gasteiger partial charge < -0.3 is 15.8 Å². The van der Waals surface area contributed by atoms with Gasteiger partial charge in [0.05, 0.1) is 6.20 Å². The molecule has 20 heavy (non-hydrogen) atoms. The minimum Gasteiger partial charge on any atom is -0.485 e. The van der Waals surface area contributed by atoms with Gasteiger partial charge in [0.1, 0.15) is 6.10 Å².